The molecular weight excluding hydrogens is 528 g/mol. The molecule has 230 valence electrons. The van der Waals surface area contributed by atoms with E-state index in [1.165, 1.54) is 6.08 Å². The van der Waals surface area contributed by atoms with Crippen LogP contribution in [0.3, 0.4) is 0 Å². The van der Waals surface area contributed by atoms with E-state index >= 15 is 0 Å². The zero-order valence-corrected chi connectivity index (χ0v) is 28.1. The molecule has 2 aromatic rings. The summed E-state index contributed by atoms with van der Waals surface area (Å²) >= 11 is 0. The number of carbonyl (C=O) groups is 3. The maximum atomic E-state index is 13.4. The Balaban J connectivity index is 2.74. The lowest BCUT2D eigenvalue weighted by molar-refractivity contribution is -0.143. The van der Waals surface area contributed by atoms with Crippen LogP contribution in [-0.4, -0.2) is 23.8 Å². The molecule has 6 heteroatoms. The minimum Gasteiger partial charge on any atom is -0.490 e. The second-order valence-electron chi connectivity index (χ2n) is 15.2. The Labute approximate surface area is 252 Å². The van der Waals surface area contributed by atoms with E-state index in [2.05, 4.69) is 47.6 Å². The van der Waals surface area contributed by atoms with Gasteiger partial charge in [-0.3, -0.25) is 14.4 Å². The van der Waals surface area contributed by atoms with Crippen molar-refractivity contribution in [3.63, 3.8) is 0 Å². The summed E-state index contributed by atoms with van der Waals surface area (Å²) in [5.41, 5.74) is 0.695. The standard InChI is InChI=1S/C36H50O6/c1-22(2)40-29-25(19-20-28(37)23-15-17-24(18-16-23)41-31(38)35(9,10)11)30(42-32(39)36(12,13)14)27(34(6,7)8)21-26(29)33(3,4)5/h15-22H,1-14H3/b20-19+. The van der Waals surface area contributed by atoms with Crippen molar-refractivity contribution in [1.82, 2.24) is 0 Å². The normalized spacial score (nSPS) is 12.9. The molecule has 0 heterocycles. The summed E-state index contributed by atoms with van der Waals surface area (Å²) in [6.45, 7) is 27.2. The first-order chi connectivity index (χ1) is 18.9. The van der Waals surface area contributed by atoms with Crippen molar-refractivity contribution in [3.05, 3.63) is 58.7 Å². The highest BCUT2D eigenvalue weighted by Crippen LogP contribution is 2.46. The van der Waals surface area contributed by atoms with E-state index in [-0.39, 0.29) is 34.7 Å². The van der Waals surface area contributed by atoms with Crippen LogP contribution in [0.1, 0.15) is 124 Å². The third-order valence-electron chi connectivity index (χ3n) is 6.41. The maximum Gasteiger partial charge on any atom is 0.316 e. The lowest BCUT2D eigenvalue weighted by Gasteiger charge is -2.32. The first kappa shape index (κ1) is 34.8. The van der Waals surface area contributed by atoms with Crippen molar-refractivity contribution in [2.45, 2.75) is 114 Å². The summed E-state index contributed by atoms with van der Waals surface area (Å²) < 4.78 is 18.0. The Hall–Kier alpha value is -3.41. The molecular formula is C36H50O6. The smallest absolute Gasteiger partial charge is 0.316 e. The van der Waals surface area contributed by atoms with Gasteiger partial charge in [0.25, 0.3) is 0 Å². The molecule has 2 aromatic carbocycles. The van der Waals surface area contributed by atoms with Gasteiger partial charge in [-0.1, -0.05) is 41.5 Å². The van der Waals surface area contributed by atoms with Crippen molar-refractivity contribution >= 4 is 23.8 Å². The van der Waals surface area contributed by atoms with Crippen molar-refractivity contribution in [2.75, 3.05) is 0 Å². The average molecular weight is 579 g/mol. The van der Waals surface area contributed by atoms with Gasteiger partial charge in [0.05, 0.1) is 22.5 Å². The van der Waals surface area contributed by atoms with Gasteiger partial charge in [0.15, 0.2) is 5.78 Å². The molecule has 0 amide bonds. The molecule has 6 nitrogen and oxygen atoms in total. The molecule has 0 spiro atoms. The largest absolute Gasteiger partial charge is 0.490 e. The highest BCUT2D eigenvalue weighted by Gasteiger charge is 2.34. The Morgan fingerprint density at radius 2 is 1.12 bits per heavy atom. The third kappa shape index (κ3) is 9.04. The Kier molecular flexibility index (Phi) is 10.3. The fourth-order valence-electron chi connectivity index (χ4n) is 3.86. The third-order valence-corrected chi connectivity index (χ3v) is 6.41. The number of ether oxygens (including phenoxy) is 3. The second-order valence-corrected chi connectivity index (χ2v) is 15.2. The van der Waals surface area contributed by atoms with Crippen LogP contribution in [0.5, 0.6) is 17.2 Å². The second kappa shape index (κ2) is 12.4. The Morgan fingerprint density at radius 1 is 0.667 bits per heavy atom. The number of hydrogen-bond donors (Lipinski definition) is 0. The predicted octanol–water partition coefficient (Wildman–Crippen LogP) is 8.87. The fourth-order valence-corrected chi connectivity index (χ4v) is 3.86. The van der Waals surface area contributed by atoms with E-state index in [0.717, 1.165) is 11.1 Å². The number of carbonyl (C=O) groups excluding carboxylic acids is 3. The number of hydrogen-bond acceptors (Lipinski definition) is 6. The topological polar surface area (TPSA) is 78.9 Å². The molecule has 0 aliphatic heterocycles. The van der Waals surface area contributed by atoms with Gasteiger partial charge in [0.2, 0.25) is 0 Å². The lowest BCUT2D eigenvalue weighted by Crippen LogP contribution is -2.28. The van der Waals surface area contributed by atoms with E-state index < -0.39 is 10.8 Å². The van der Waals surface area contributed by atoms with Crippen LogP contribution < -0.4 is 14.2 Å². The van der Waals surface area contributed by atoms with Crippen LogP contribution in [0.15, 0.2) is 36.4 Å². The van der Waals surface area contributed by atoms with Gasteiger partial charge in [-0.05, 0) is 109 Å². The maximum absolute atomic E-state index is 13.4. The van der Waals surface area contributed by atoms with Crippen molar-refractivity contribution in [3.8, 4) is 17.2 Å². The molecule has 0 aliphatic carbocycles. The van der Waals surface area contributed by atoms with Crippen LogP contribution in [0.2, 0.25) is 0 Å². The first-order valence-electron chi connectivity index (χ1n) is 14.6. The molecule has 0 atom stereocenters. The molecule has 0 bridgehead atoms. The Morgan fingerprint density at radius 3 is 1.55 bits per heavy atom. The van der Waals surface area contributed by atoms with Gasteiger partial charge < -0.3 is 14.2 Å². The summed E-state index contributed by atoms with van der Waals surface area (Å²) in [6.07, 6.45) is 2.99. The van der Waals surface area contributed by atoms with Gasteiger partial charge in [-0.2, -0.15) is 0 Å². The lowest BCUT2D eigenvalue weighted by atomic mass is 9.78. The van der Waals surface area contributed by atoms with E-state index in [1.807, 2.05) is 34.6 Å². The summed E-state index contributed by atoms with van der Waals surface area (Å²) in [5, 5.41) is 0. The summed E-state index contributed by atoms with van der Waals surface area (Å²) in [7, 11) is 0. The fraction of sp³-hybridized carbons (Fsp3) is 0.528. The number of allylic oxidation sites excluding steroid dienone is 1. The zero-order chi connectivity index (χ0) is 32.4. The van der Waals surface area contributed by atoms with Gasteiger partial charge >= 0.3 is 11.9 Å². The molecule has 0 unspecified atom stereocenters. The molecule has 0 fully saturated rings. The van der Waals surface area contributed by atoms with E-state index in [4.69, 9.17) is 14.2 Å². The monoisotopic (exact) mass is 578 g/mol. The quantitative estimate of drug-likeness (QED) is 0.141. The molecule has 0 saturated heterocycles. The molecule has 0 aliphatic rings. The predicted molar refractivity (Wildman–Crippen MR) is 170 cm³/mol. The number of benzene rings is 2. The Bertz CT molecular complexity index is 1330. The van der Waals surface area contributed by atoms with Crippen molar-refractivity contribution in [2.24, 2.45) is 10.8 Å². The van der Waals surface area contributed by atoms with Gasteiger partial charge in [0, 0.05) is 16.7 Å². The molecule has 0 aromatic heterocycles. The summed E-state index contributed by atoms with van der Waals surface area (Å²) in [6, 6.07) is 8.52. The molecule has 0 saturated carbocycles. The summed E-state index contributed by atoms with van der Waals surface area (Å²) in [5.74, 6) is 0.339. The zero-order valence-electron chi connectivity index (χ0n) is 28.1. The molecule has 0 radical (unpaired) electrons. The van der Waals surface area contributed by atoms with Crippen LogP contribution in [-0.2, 0) is 20.4 Å². The number of esters is 2. The molecule has 2 rings (SSSR count). The highest BCUT2D eigenvalue weighted by molar-refractivity contribution is 6.07. The van der Waals surface area contributed by atoms with Gasteiger partial charge in [-0.25, -0.2) is 0 Å². The minimum atomic E-state index is -0.744. The van der Waals surface area contributed by atoms with E-state index in [0.29, 0.717) is 28.4 Å². The molecule has 42 heavy (non-hydrogen) atoms. The van der Waals surface area contributed by atoms with E-state index in [1.54, 1.807) is 51.1 Å². The van der Waals surface area contributed by atoms with Crippen LogP contribution in [0.4, 0.5) is 0 Å². The first-order valence-corrected chi connectivity index (χ1v) is 14.6. The van der Waals surface area contributed by atoms with Crippen molar-refractivity contribution < 1.29 is 28.6 Å². The van der Waals surface area contributed by atoms with E-state index in [9.17, 15) is 14.4 Å². The van der Waals surface area contributed by atoms with Crippen LogP contribution in [0, 0.1) is 10.8 Å². The SMILES string of the molecule is CC(C)Oc1c(C(C)(C)C)cc(C(C)(C)C)c(OC(=O)C(C)(C)C)c1/C=C/C(=O)c1ccc(OC(=O)C(C)(C)C)cc1. The van der Waals surface area contributed by atoms with Gasteiger partial charge in [0.1, 0.15) is 17.2 Å². The minimum absolute atomic E-state index is 0.163. The van der Waals surface area contributed by atoms with Crippen molar-refractivity contribution in [1.29, 1.82) is 0 Å². The van der Waals surface area contributed by atoms with Crippen LogP contribution >= 0.6 is 0 Å². The van der Waals surface area contributed by atoms with Gasteiger partial charge in [-0.15, -0.1) is 0 Å². The number of rotatable bonds is 7. The average Bonchev–Trinajstić information content (AvgIpc) is 2.80. The molecule has 0 N–H and O–H groups in total. The highest BCUT2D eigenvalue weighted by atomic mass is 16.5. The summed E-state index contributed by atoms with van der Waals surface area (Å²) in [4.78, 5) is 38.8. The number of ketones is 1. The van der Waals surface area contributed by atoms with Crippen LogP contribution in [0.25, 0.3) is 6.08 Å².